The molecule has 70 valence electrons. The molecule has 0 aromatic carbocycles. The third kappa shape index (κ3) is 3.95. The molecule has 0 aliphatic rings. The SMILES string of the molecule is [2H]CCC(CCC(=O)O)C(=O)OC. The Morgan fingerprint density at radius 3 is 2.75 bits per heavy atom. The van der Waals surface area contributed by atoms with Crippen LogP contribution < -0.4 is 0 Å². The first kappa shape index (κ1) is 9.03. The van der Waals surface area contributed by atoms with Crippen LogP contribution in [-0.2, 0) is 14.3 Å². The molecule has 0 heterocycles. The summed E-state index contributed by atoms with van der Waals surface area (Å²) in [4.78, 5) is 21.2. The Morgan fingerprint density at radius 2 is 2.33 bits per heavy atom. The summed E-state index contributed by atoms with van der Waals surface area (Å²) in [5.74, 6) is -1.80. The van der Waals surface area contributed by atoms with Crippen molar-refractivity contribution in [2.24, 2.45) is 5.92 Å². The highest BCUT2D eigenvalue weighted by atomic mass is 16.5. The highest BCUT2D eigenvalue weighted by Crippen LogP contribution is 2.12. The zero-order valence-electron chi connectivity index (χ0n) is 8.08. The molecule has 0 fully saturated rings. The van der Waals surface area contributed by atoms with Crippen molar-refractivity contribution in [1.82, 2.24) is 0 Å². The van der Waals surface area contributed by atoms with E-state index in [0.717, 1.165) is 0 Å². The summed E-state index contributed by atoms with van der Waals surface area (Å²) in [5.41, 5.74) is 0. The minimum atomic E-state index is -0.932. The lowest BCUT2D eigenvalue weighted by Crippen LogP contribution is -2.16. The van der Waals surface area contributed by atoms with Crippen LogP contribution in [0.1, 0.15) is 27.5 Å². The number of aliphatic carboxylic acids is 1. The van der Waals surface area contributed by atoms with Crippen molar-refractivity contribution >= 4 is 11.9 Å². The van der Waals surface area contributed by atoms with Crippen molar-refractivity contribution in [3.63, 3.8) is 0 Å². The molecule has 1 N–H and O–H groups in total. The molecule has 1 atom stereocenters. The molecule has 12 heavy (non-hydrogen) atoms. The molecule has 4 heteroatoms. The standard InChI is InChI=1S/C8H14O4/c1-3-6(8(11)12-2)4-5-7(9)10/h6H,3-5H2,1-2H3,(H,9,10)/i1D. The van der Waals surface area contributed by atoms with Gasteiger partial charge in [-0.05, 0) is 12.8 Å². The van der Waals surface area contributed by atoms with Crippen molar-refractivity contribution < 1.29 is 20.8 Å². The number of ether oxygens (including phenoxy) is 1. The van der Waals surface area contributed by atoms with Crippen LogP contribution in [0, 0.1) is 5.92 Å². The van der Waals surface area contributed by atoms with E-state index in [4.69, 9.17) is 6.48 Å². The topological polar surface area (TPSA) is 63.6 Å². The van der Waals surface area contributed by atoms with Crippen molar-refractivity contribution in [2.45, 2.75) is 26.2 Å². The van der Waals surface area contributed by atoms with Gasteiger partial charge in [0.05, 0.1) is 13.0 Å². The number of carbonyl (C=O) groups excluding carboxylic acids is 1. The van der Waals surface area contributed by atoms with Crippen LogP contribution in [0.2, 0.25) is 0 Å². The molecule has 0 aromatic rings. The van der Waals surface area contributed by atoms with Gasteiger partial charge in [0, 0.05) is 7.79 Å². The average molecular weight is 175 g/mol. The van der Waals surface area contributed by atoms with Gasteiger partial charge in [0.2, 0.25) is 0 Å². The number of esters is 1. The fourth-order valence-corrected chi connectivity index (χ4v) is 0.844. The van der Waals surface area contributed by atoms with Gasteiger partial charge in [-0.3, -0.25) is 9.59 Å². The van der Waals surface area contributed by atoms with E-state index < -0.39 is 17.9 Å². The van der Waals surface area contributed by atoms with E-state index in [0.29, 0.717) is 6.42 Å². The number of carboxylic acid groups (broad SMARTS) is 1. The predicted molar refractivity (Wildman–Crippen MR) is 42.7 cm³/mol. The molecule has 0 aliphatic heterocycles. The van der Waals surface area contributed by atoms with Crippen LogP contribution in [-0.4, -0.2) is 24.2 Å². The van der Waals surface area contributed by atoms with Gasteiger partial charge in [-0.15, -0.1) is 0 Å². The summed E-state index contributed by atoms with van der Waals surface area (Å²) in [6.07, 6.45) is 0.556. The lowest BCUT2D eigenvalue weighted by Gasteiger charge is -2.09. The number of methoxy groups -OCH3 is 1. The summed E-state index contributed by atoms with van der Waals surface area (Å²) >= 11 is 0. The predicted octanol–water partition coefficient (Wildman–Crippen LogP) is 1.05. The maximum absolute atomic E-state index is 11.0. The molecule has 0 spiro atoms. The Balaban J connectivity index is 3.93. The van der Waals surface area contributed by atoms with Gasteiger partial charge in [0.25, 0.3) is 0 Å². The number of hydrogen-bond donors (Lipinski definition) is 1. The van der Waals surface area contributed by atoms with Crippen LogP contribution >= 0.6 is 0 Å². The molecule has 0 radical (unpaired) electrons. The van der Waals surface area contributed by atoms with Crippen molar-refractivity contribution in [2.75, 3.05) is 7.11 Å². The van der Waals surface area contributed by atoms with E-state index >= 15 is 0 Å². The molecular formula is C8H14O4. The first-order chi connectivity index (χ1) is 6.11. The van der Waals surface area contributed by atoms with Gasteiger partial charge < -0.3 is 9.84 Å². The van der Waals surface area contributed by atoms with E-state index in [2.05, 4.69) is 4.74 Å². The average Bonchev–Trinajstić information content (AvgIpc) is 2.10. The molecule has 0 saturated carbocycles. The van der Waals surface area contributed by atoms with Gasteiger partial charge in [0.1, 0.15) is 0 Å². The van der Waals surface area contributed by atoms with Crippen LogP contribution in [0.5, 0.6) is 0 Å². The van der Waals surface area contributed by atoms with E-state index in [9.17, 15) is 9.59 Å². The van der Waals surface area contributed by atoms with E-state index in [1.165, 1.54) is 7.11 Å². The zero-order valence-corrected chi connectivity index (χ0v) is 7.08. The number of rotatable bonds is 5. The first-order valence-electron chi connectivity index (χ1n) is 4.41. The molecule has 0 aliphatic carbocycles. The van der Waals surface area contributed by atoms with E-state index in [-0.39, 0.29) is 19.7 Å². The number of carbonyl (C=O) groups is 2. The zero-order chi connectivity index (χ0) is 10.3. The number of carboxylic acids is 1. The summed E-state index contributed by atoms with van der Waals surface area (Å²) in [5, 5.41) is 8.39. The second kappa shape index (κ2) is 5.57. The summed E-state index contributed by atoms with van der Waals surface area (Å²) in [7, 11) is 1.26. The fourth-order valence-electron chi connectivity index (χ4n) is 0.844. The summed E-state index contributed by atoms with van der Waals surface area (Å²) in [6.45, 7) is 0.111. The maximum Gasteiger partial charge on any atom is 0.308 e. The van der Waals surface area contributed by atoms with Crippen molar-refractivity contribution in [3.05, 3.63) is 0 Å². The molecule has 0 aromatic heterocycles. The van der Waals surface area contributed by atoms with Crippen LogP contribution in [0.4, 0.5) is 0 Å². The van der Waals surface area contributed by atoms with Crippen LogP contribution in [0.15, 0.2) is 0 Å². The van der Waals surface area contributed by atoms with Gasteiger partial charge in [-0.1, -0.05) is 6.90 Å². The third-order valence-corrected chi connectivity index (χ3v) is 1.59. The quantitative estimate of drug-likeness (QED) is 0.634. The summed E-state index contributed by atoms with van der Waals surface area (Å²) in [6, 6.07) is 0. The molecule has 0 rings (SSSR count). The Bertz CT molecular complexity index is 181. The lowest BCUT2D eigenvalue weighted by molar-refractivity contribution is -0.146. The molecule has 1 unspecified atom stereocenters. The minimum absolute atomic E-state index is 0.0558. The number of hydrogen-bond acceptors (Lipinski definition) is 3. The second-order valence-electron chi connectivity index (χ2n) is 2.44. The fraction of sp³-hybridized carbons (Fsp3) is 0.750. The highest BCUT2D eigenvalue weighted by Gasteiger charge is 2.17. The Labute approximate surface area is 72.9 Å². The molecule has 0 bridgehead atoms. The molecule has 4 nitrogen and oxygen atoms in total. The van der Waals surface area contributed by atoms with Gasteiger partial charge in [0.15, 0.2) is 0 Å². The normalized spacial score (nSPS) is 13.2. The Kier molecular flexibility index (Phi) is 4.19. The summed E-state index contributed by atoms with van der Waals surface area (Å²) < 4.78 is 11.4. The second-order valence-corrected chi connectivity index (χ2v) is 2.44. The third-order valence-electron chi connectivity index (χ3n) is 1.59. The molecular weight excluding hydrogens is 160 g/mol. The monoisotopic (exact) mass is 175 g/mol. The lowest BCUT2D eigenvalue weighted by atomic mass is 10.0. The molecule has 0 amide bonds. The van der Waals surface area contributed by atoms with Gasteiger partial charge >= 0.3 is 11.9 Å². The van der Waals surface area contributed by atoms with Crippen molar-refractivity contribution in [1.29, 1.82) is 0 Å². The Hall–Kier alpha value is -1.06. The molecule has 0 saturated heterocycles. The van der Waals surface area contributed by atoms with Crippen LogP contribution in [0.3, 0.4) is 0 Å². The van der Waals surface area contributed by atoms with Gasteiger partial charge in [-0.25, -0.2) is 0 Å². The van der Waals surface area contributed by atoms with Crippen molar-refractivity contribution in [3.8, 4) is 0 Å². The smallest absolute Gasteiger partial charge is 0.308 e. The maximum atomic E-state index is 11.0. The van der Waals surface area contributed by atoms with E-state index in [1.54, 1.807) is 0 Å². The first-order valence-corrected chi connectivity index (χ1v) is 3.70. The van der Waals surface area contributed by atoms with Crippen LogP contribution in [0.25, 0.3) is 0 Å². The minimum Gasteiger partial charge on any atom is -0.481 e. The largest absolute Gasteiger partial charge is 0.481 e. The van der Waals surface area contributed by atoms with Gasteiger partial charge in [-0.2, -0.15) is 0 Å². The Morgan fingerprint density at radius 1 is 1.67 bits per heavy atom. The highest BCUT2D eigenvalue weighted by molar-refractivity contribution is 5.73. The van der Waals surface area contributed by atoms with E-state index in [1.807, 2.05) is 0 Å².